The molecule has 3 nitrogen and oxygen atoms in total. The summed E-state index contributed by atoms with van der Waals surface area (Å²) in [5, 5.41) is 1.41. The van der Waals surface area contributed by atoms with Gasteiger partial charge in [0, 0.05) is 29.5 Å². The number of halogens is 2. The van der Waals surface area contributed by atoms with Crippen LogP contribution in [0.4, 0.5) is 0 Å². The Morgan fingerprint density at radius 2 is 1.85 bits per heavy atom. The molecule has 1 amide bonds. The number of ether oxygens (including phenoxy) is 1. The molecule has 1 aliphatic rings. The van der Waals surface area contributed by atoms with Crippen LogP contribution in [-0.2, 0) is 9.53 Å². The van der Waals surface area contributed by atoms with E-state index in [1.165, 1.54) is 0 Å². The van der Waals surface area contributed by atoms with E-state index in [1.807, 2.05) is 47.4 Å². The molecule has 1 saturated heterocycles. The maximum absolute atomic E-state index is 13.0. The molecule has 1 fully saturated rings. The molecule has 0 aromatic heterocycles. The number of piperidine rings is 1. The monoisotopic (exact) mass is 405 g/mol. The van der Waals surface area contributed by atoms with E-state index in [0.29, 0.717) is 18.1 Å². The van der Waals surface area contributed by atoms with Crippen molar-refractivity contribution in [3.05, 3.63) is 69.7 Å². The lowest BCUT2D eigenvalue weighted by molar-refractivity contribution is -0.142. The number of likely N-dealkylation sites (tertiary alicyclic amines) is 1. The smallest absolute Gasteiger partial charge is 0.223 e. The van der Waals surface area contributed by atoms with Gasteiger partial charge in [-0.15, -0.1) is 0 Å². The van der Waals surface area contributed by atoms with Crippen LogP contribution in [0, 0.1) is 0 Å². The minimum Gasteiger partial charge on any atom is -0.383 e. The summed E-state index contributed by atoms with van der Waals surface area (Å²) in [6.45, 7) is 2.62. The summed E-state index contributed by atoms with van der Waals surface area (Å²) in [6, 6.07) is 15.8. The molecule has 0 saturated carbocycles. The maximum Gasteiger partial charge on any atom is 0.223 e. The molecule has 0 radical (unpaired) electrons. The van der Waals surface area contributed by atoms with E-state index in [9.17, 15) is 4.79 Å². The largest absolute Gasteiger partial charge is 0.383 e. The molecule has 3 unspecified atom stereocenters. The highest BCUT2D eigenvalue weighted by molar-refractivity contribution is 6.30. The maximum atomic E-state index is 13.0. The fourth-order valence-electron chi connectivity index (χ4n) is 4.07. The van der Waals surface area contributed by atoms with Crippen LogP contribution < -0.4 is 0 Å². The predicted octanol–water partition coefficient (Wildman–Crippen LogP) is 5.87. The Balaban J connectivity index is 2.08. The molecule has 5 heteroatoms. The number of nitrogens with zero attached hydrogens (tertiary/aromatic N) is 1. The summed E-state index contributed by atoms with van der Waals surface area (Å²) in [5.74, 6) is 0.352. The van der Waals surface area contributed by atoms with Crippen LogP contribution >= 0.6 is 23.2 Å². The highest BCUT2D eigenvalue weighted by atomic mass is 35.5. The van der Waals surface area contributed by atoms with Gasteiger partial charge in [-0.2, -0.15) is 0 Å². The SMILES string of the molecule is CCC(COC)N1C(=O)CCC(c2cccc(Cl)c2)C1c1ccc(Cl)cc1. The van der Waals surface area contributed by atoms with E-state index in [1.54, 1.807) is 7.11 Å². The first-order valence-electron chi connectivity index (χ1n) is 9.36. The van der Waals surface area contributed by atoms with Crippen LogP contribution in [0.25, 0.3) is 0 Å². The number of carbonyl (C=O) groups is 1. The molecule has 0 N–H and O–H groups in total. The second kappa shape index (κ2) is 9.09. The topological polar surface area (TPSA) is 29.5 Å². The lowest BCUT2D eigenvalue weighted by Crippen LogP contribution is -2.49. The fraction of sp³-hybridized carbons (Fsp3) is 0.409. The van der Waals surface area contributed by atoms with Crippen molar-refractivity contribution in [3.63, 3.8) is 0 Å². The van der Waals surface area contributed by atoms with Gasteiger partial charge in [0.05, 0.1) is 18.7 Å². The quantitative estimate of drug-likeness (QED) is 0.601. The first kappa shape index (κ1) is 20.2. The highest BCUT2D eigenvalue weighted by Gasteiger charge is 2.40. The third kappa shape index (κ3) is 4.48. The third-order valence-electron chi connectivity index (χ3n) is 5.35. The summed E-state index contributed by atoms with van der Waals surface area (Å²) in [6.07, 6.45) is 2.17. The van der Waals surface area contributed by atoms with Crippen molar-refractivity contribution in [2.75, 3.05) is 13.7 Å². The Labute approximate surface area is 171 Å². The summed E-state index contributed by atoms with van der Waals surface area (Å²) in [4.78, 5) is 15.0. The van der Waals surface area contributed by atoms with Gasteiger partial charge in [-0.25, -0.2) is 0 Å². The zero-order valence-corrected chi connectivity index (χ0v) is 17.2. The zero-order chi connectivity index (χ0) is 19.4. The Hall–Kier alpha value is -1.55. The van der Waals surface area contributed by atoms with Gasteiger partial charge in [0.25, 0.3) is 0 Å². The molecular weight excluding hydrogens is 381 g/mol. The van der Waals surface area contributed by atoms with Gasteiger partial charge in [-0.1, -0.05) is 54.4 Å². The number of benzene rings is 2. The van der Waals surface area contributed by atoms with Gasteiger partial charge >= 0.3 is 0 Å². The van der Waals surface area contributed by atoms with Crippen molar-refractivity contribution in [2.24, 2.45) is 0 Å². The van der Waals surface area contributed by atoms with Crippen molar-refractivity contribution < 1.29 is 9.53 Å². The van der Waals surface area contributed by atoms with Crippen molar-refractivity contribution in [2.45, 2.75) is 44.2 Å². The van der Waals surface area contributed by atoms with Crippen molar-refractivity contribution in [1.82, 2.24) is 4.90 Å². The predicted molar refractivity (Wildman–Crippen MR) is 110 cm³/mol. The minimum atomic E-state index is -0.0675. The molecule has 2 aromatic carbocycles. The second-order valence-electron chi connectivity index (χ2n) is 7.01. The minimum absolute atomic E-state index is 0.0326. The molecular formula is C22H25Cl2NO2. The van der Waals surface area contributed by atoms with E-state index in [2.05, 4.69) is 13.0 Å². The fourth-order valence-corrected chi connectivity index (χ4v) is 4.40. The Morgan fingerprint density at radius 1 is 1.11 bits per heavy atom. The molecule has 1 heterocycles. The van der Waals surface area contributed by atoms with Crippen LogP contribution in [0.5, 0.6) is 0 Å². The average molecular weight is 406 g/mol. The Bertz CT molecular complexity index is 778. The van der Waals surface area contributed by atoms with Crippen LogP contribution in [0.1, 0.15) is 49.3 Å². The lowest BCUT2D eigenvalue weighted by atomic mass is 9.79. The second-order valence-corrected chi connectivity index (χ2v) is 7.89. The molecule has 0 bridgehead atoms. The summed E-state index contributed by atoms with van der Waals surface area (Å²) in [7, 11) is 1.68. The van der Waals surface area contributed by atoms with Crippen LogP contribution in [-0.4, -0.2) is 30.6 Å². The van der Waals surface area contributed by atoms with E-state index in [0.717, 1.165) is 29.0 Å². The van der Waals surface area contributed by atoms with Crippen molar-refractivity contribution in [3.8, 4) is 0 Å². The molecule has 27 heavy (non-hydrogen) atoms. The van der Waals surface area contributed by atoms with Gasteiger partial charge in [-0.05, 0) is 48.2 Å². The molecule has 0 spiro atoms. The first-order chi connectivity index (χ1) is 13.0. The van der Waals surface area contributed by atoms with Gasteiger partial charge in [0.1, 0.15) is 0 Å². The molecule has 2 aromatic rings. The summed E-state index contributed by atoms with van der Waals surface area (Å²) in [5.41, 5.74) is 2.25. The van der Waals surface area contributed by atoms with Crippen molar-refractivity contribution >= 4 is 29.1 Å². The molecule has 144 valence electrons. The highest BCUT2D eigenvalue weighted by Crippen LogP contribution is 2.45. The van der Waals surface area contributed by atoms with E-state index < -0.39 is 0 Å². The van der Waals surface area contributed by atoms with Gasteiger partial charge in [0.15, 0.2) is 0 Å². The summed E-state index contributed by atoms with van der Waals surface area (Å²) < 4.78 is 5.42. The molecule has 3 rings (SSSR count). The van der Waals surface area contributed by atoms with Crippen LogP contribution in [0.3, 0.4) is 0 Å². The summed E-state index contributed by atoms with van der Waals surface area (Å²) >= 11 is 12.4. The number of amides is 1. The molecule has 0 aliphatic carbocycles. The van der Waals surface area contributed by atoms with E-state index in [-0.39, 0.29) is 23.9 Å². The lowest BCUT2D eigenvalue weighted by Gasteiger charge is -2.45. The van der Waals surface area contributed by atoms with E-state index in [4.69, 9.17) is 27.9 Å². The van der Waals surface area contributed by atoms with Crippen molar-refractivity contribution in [1.29, 1.82) is 0 Å². The number of carbonyl (C=O) groups excluding carboxylic acids is 1. The van der Waals surface area contributed by atoms with E-state index >= 15 is 0 Å². The number of methoxy groups -OCH3 is 1. The Morgan fingerprint density at radius 3 is 2.48 bits per heavy atom. The average Bonchev–Trinajstić information content (AvgIpc) is 2.67. The molecule has 1 aliphatic heterocycles. The van der Waals surface area contributed by atoms with Gasteiger partial charge < -0.3 is 9.64 Å². The number of rotatable bonds is 6. The zero-order valence-electron chi connectivity index (χ0n) is 15.7. The Kier molecular flexibility index (Phi) is 6.80. The first-order valence-corrected chi connectivity index (χ1v) is 10.1. The molecule has 3 atom stereocenters. The normalized spacial score (nSPS) is 21.3. The van der Waals surface area contributed by atoms with Crippen LogP contribution in [0.15, 0.2) is 48.5 Å². The standard InChI is InChI=1S/C22H25Cl2NO2/c1-3-19(14-27-2)25-21(26)12-11-20(16-5-4-6-18(24)13-16)22(25)15-7-9-17(23)10-8-15/h4-10,13,19-20,22H,3,11-12,14H2,1-2H3. The van der Waals surface area contributed by atoms with Gasteiger partial charge in [0.2, 0.25) is 5.91 Å². The van der Waals surface area contributed by atoms with Crippen LogP contribution in [0.2, 0.25) is 10.0 Å². The third-order valence-corrected chi connectivity index (χ3v) is 5.84. The number of hydrogen-bond donors (Lipinski definition) is 0. The van der Waals surface area contributed by atoms with Gasteiger partial charge in [-0.3, -0.25) is 4.79 Å². The number of hydrogen-bond acceptors (Lipinski definition) is 2.